The normalized spacial score (nSPS) is 25.0. The van der Waals surface area contributed by atoms with Crippen molar-refractivity contribution in [2.75, 3.05) is 26.8 Å². The van der Waals surface area contributed by atoms with Gasteiger partial charge in [0.1, 0.15) is 6.61 Å². The first kappa shape index (κ1) is 14.9. The molecule has 3 heterocycles. The minimum Gasteiger partial charge on any atom is -0.377 e. The molecule has 1 unspecified atom stereocenters. The molecule has 1 saturated heterocycles. The Morgan fingerprint density at radius 2 is 2.33 bits per heavy atom. The van der Waals surface area contributed by atoms with Crippen LogP contribution in [0.1, 0.15) is 37.4 Å². The summed E-state index contributed by atoms with van der Waals surface area (Å²) in [7, 11) is 1.67. The van der Waals surface area contributed by atoms with Gasteiger partial charge in [-0.15, -0.1) is 0 Å². The molecule has 0 bridgehead atoms. The van der Waals surface area contributed by atoms with Gasteiger partial charge in [0.05, 0.1) is 12.7 Å². The van der Waals surface area contributed by atoms with Crippen LogP contribution in [-0.4, -0.2) is 47.8 Å². The molecular formula is C16H25N3O2. The molecule has 1 fully saturated rings. The van der Waals surface area contributed by atoms with E-state index in [9.17, 15) is 0 Å². The van der Waals surface area contributed by atoms with Crippen LogP contribution in [0, 0.1) is 5.41 Å². The van der Waals surface area contributed by atoms with Gasteiger partial charge in [0.2, 0.25) is 0 Å². The molecule has 1 aromatic rings. The number of methoxy groups -OCH3 is 1. The monoisotopic (exact) mass is 291 g/mol. The molecule has 0 aliphatic carbocycles. The highest BCUT2D eigenvalue weighted by Gasteiger charge is 2.33. The third-order valence-electron chi connectivity index (χ3n) is 4.29. The van der Waals surface area contributed by atoms with Crippen LogP contribution in [0.3, 0.4) is 0 Å². The van der Waals surface area contributed by atoms with E-state index in [1.165, 1.54) is 11.3 Å². The van der Waals surface area contributed by atoms with Crippen molar-refractivity contribution in [1.29, 1.82) is 0 Å². The Morgan fingerprint density at radius 1 is 1.48 bits per heavy atom. The van der Waals surface area contributed by atoms with E-state index >= 15 is 0 Å². The molecule has 1 atom stereocenters. The van der Waals surface area contributed by atoms with Crippen LogP contribution in [0.2, 0.25) is 0 Å². The molecule has 3 rings (SSSR count). The van der Waals surface area contributed by atoms with Gasteiger partial charge in [0, 0.05) is 50.6 Å². The van der Waals surface area contributed by atoms with Crippen LogP contribution in [0.4, 0.5) is 0 Å². The van der Waals surface area contributed by atoms with E-state index in [2.05, 4.69) is 28.7 Å². The van der Waals surface area contributed by atoms with Gasteiger partial charge in [0.25, 0.3) is 0 Å². The summed E-state index contributed by atoms with van der Waals surface area (Å²) in [6, 6.07) is 0. The highest BCUT2D eigenvalue weighted by Crippen LogP contribution is 2.32. The zero-order valence-corrected chi connectivity index (χ0v) is 13.3. The molecule has 116 valence electrons. The SMILES string of the molecule is COCc1ncc2c(n1)CCN(CC1CC(C)(C)CO1)C2. The highest BCUT2D eigenvalue weighted by atomic mass is 16.5. The van der Waals surface area contributed by atoms with Gasteiger partial charge in [0.15, 0.2) is 5.82 Å². The van der Waals surface area contributed by atoms with Gasteiger partial charge in [-0.3, -0.25) is 4.90 Å². The van der Waals surface area contributed by atoms with Crippen LogP contribution in [0.15, 0.2) is 6.20 Å². The summed E-state index contributed by atoms with van der Waals surface area (Å²) in [6.45, 7) is 8.93. The topological polar surface area (TPSA) is 47.5 Å². The fourth-order valence-electron chi connectivity index (χ4n) is 3.25. The third kappa shape index (κ3) is 3.59. The van der Waals surface area contributed by atoms with Crippen molar-refractivity contribution in [2.45, 2.75) is 45.9 Å². The number of hydrogen-bond acceptors (Lipinski definition) is 5. The summed E-state index contributed by atoms with van der Waals surface area (Å²) in [5.74, 6) is 0.783. The van der Waals surface area contributed by atoms with Gasteiger partial charge in [-0.05, 0) is 11.8 Å². The molecule has 21 heavy (non-hydrogen) atoms. The van der Waals surface area contributed by atoms with Crippen molar-refractivity contribution in [1.82, 2.24) is 14.9 Å². The number of nitrogens with zero attached hydrogens (tertiary/aromatic N) is 3. The van der Waals surface area contributed by atoms with Crippen molar-refractivity contribution in [2.24, 2.45) is 5.41 Å². The Balaban J connectivity index is 1.60. The molecule has 2 aliphatic rings. The second kappa shape index (κ2) is 5.99. The average Bonchev–Trinajstić information content (AvgIpc) is 2.78. The lowest BCUT2D eigenvalue weighted by Crippen LogP contribution is -2.37. The highest BCUT2D eigenvalue weighted by molar-refractivity contribution is 5.20. The average molecular weight is 291 g/mol. The van der Waals surface area contributed by atoms with Crippen molar-refractivity contribution in [3.63, 3.8) is 0 Å². The number of fused-ring (bicyclic) bond motifs is 1. The van der Waals surface area contributed by atoms with Crippen molar-refractivity contribution < 1.29 is 9.47 Å². The maximum Gasteiger partial charge on any atom is 0.154 e. The lowest BCUT2D eigenvalue weighted by molar-refractivity contribution is 0.0633. The van der Waals surface area contributed by atoms with Crippen LogP contribution in [0.25, 0.3) is 0 Å². The first-order valence-electron chi connectivity index (χ1n) is 7.72. The first-order valence-corrected chi connectivity index (χ1v) is 7.72. The molecule has 2 aliphatic heterocycles. The van der Waals surface area contributed by atoms with Gasteiger partial charge in [-0.1, -0.05) is 13.8 Å². The van der Waals surface area contributed by atoms with E-state index in [4.69, 9.17) is 9.47 Å². The molecule has 1 aromatic heterocycles. The largest absolute Gasteiger partial charge is 0.377 e. The smallest absolute Gasteiger partial charge is 0.154 e. The summed E-state index contributed by atoms with van der Waals surface area (Å²) in [5.41, 5.74) is 2.76. The number of aromatic nitrogens is 2. The molecule has 0 spiro atoms. The Hall–Kier alpha value is -1.04. The molecule has 0 N–H and O–H groups in total. The van der Waals surface area contributed by atoms with Gasteiger partial charge in [-0.25, -0.2) is 9.97 Å². The molecule has 0 aromatic carbocycles. The fourth-order valence-corrected chi connectivity index (χ4v) is 3.25. The first-order chi connectivity index (χ1) is 10.1. The van der Waals surface area contributed by atoms with Gasteiger partial charge >= 0.3 is 0 Å². The Labute approximate surface area is 126 Å². The number of rotatable bonds is 4. The predicted molar refractivity (Wildman–Crippen MR) is 79.9 cm³/mol. The van der Waals surface area contributed by atoms with Crippen LogP contribution in [-0.2, 0) is 29.0 Å². The van der Waals surface area contributed by atoms with Crippen molar-refractivity contribution in [3.8, 4) is 0 Å². The maximum atomic E-state index is 5.92. The number of ether oxygens (including phenoxy) is 2. The lowest BCUT2D eigenvalue weighted by Gasteiger charge is -2.30. The van der Waals surface area contributed by atoms with E-state index in [0.717, 1.165) is 44.9 Å². The molecular weight excluding hydrogens is 266 g/mol. The molecule has 0 saturated carbocycles. The number of hydrogen-bond donors (Lipinski definition) is 0. The van der Waals surface area contributed by atoms with E-state index in [0.29, 0.717) is 18.1 Å². The Morgan fingerprint density at radius 3 is 3.05 bits per heavy atom. The molecule has 0 radical (unpaired) electrons. The zero-order chi connectivity index (χ0) is 14.9. The summed E-state index contributed by atoms with van der Waals surface area (Å²) in [4.78, 5) is 11.4. The van der Waals surface area contributed by atoms with E-state index in [-0.39, 0.29) is 0 Å². The van der Waals surface area contributed by atoms with Crippen molar-refractivity contribution >= 4 is 0 Å². The second-order valence-electron chi connectivity index (χ2n) is 6.98. The Bertz CT molecular complexity index is 504. The zero-order valence-electron chi connectivity index (χ0n) is 13.3. The Kier molecular flexibility index (Phi) is 4.24. The summed E-state index contributed by atoms with van der Waals surface area (Å²) in [5, 5.41) is 0. The summed E-state index contributed by atoms with van der Waals surface area (Å²) < 4.78 is 11.0. The molecule has 0 amide bonds. The van der Waals surface area contributed by atoms with E-state index in [1.807, 2.05) is 6.20 Å². The minimum absolute atomic E-state index is 0.330. The van der Waals surface area contributed by atoms with Gasteiger partial charge in [-0.2, -0.15) is 0 Å². The predicted octanol–water partition coefficient (Wildman–Crippen LogP) is 1.80. The van der Waals surface area contributed by atoms with Crippen LogP contribution < -0.4 is 0 Å². The molecule has 5 heteroatoms. The lowest BCUT2D eigenvalue weighted by atomic mass is 9.90. The summed E-state index contributed by atoms with van der Waals surface area (Å²) in [6.07, 6.45) is 4.47. The van der Waals surface area contributed by atoms with E-state index in [1.54, 1.807) is 7.11 Å². The standard InChI is InChI=1S/C16H25N3O2/c1-16(2)6-13(21-11-16)9-19-5-4-14-12(8-19)7-17-15(18-14)10-20-3/h7,13H,4-6,8-11H2,1-3H3. The van der Waals surface area contributed by atoms with Crippen LogP contribution in [0.5, 0.6) is 0 Å². The second-order valence-corrected chi connectivity index (χ2v) is 6.98. The quantitative estimate of drug-likeness (QED) is 0.846. The van der Waals surface area contributed by atoms with Gasteiger partial charge < -0.3 is 9.47 Å². The fraction of sp³-hybridized carbons (Fsp3) is 0.750. The van der Waals surface area contributed by atoms with Crippen molar-refractivity contribution in [3.05, 3.63) is 23.3 Å². The summed E-state index contributed by atoms with van der Waals surface area (Å²) >= 11 is 0. The maximum absolute atomic E-state index is 5.92. The van der Waals surface area contributed by atoms with E-state index < -0.39 is 0 Å². The van der Waals surface area contributed by atoms with Crippen LogP contribution >= 0.6 is 0 Å². The third-order valence-corrected chi connectivity index (χ3v) is 4.29. The minimum atomic E-state index is 0.330. The molecule has 5 nitrogen and oxygen atoms in total.